The lowest BCUT2D eigenvalue weighted by molar-refractivity contribution is 0.547. The van der Waals surface area contributed by atoms with Gasteiger partial charge in [0.1, 0.15) is 11.6 Å². The molecule has 1 aliphatic rings. The molecule has 19 heavy (non-hydrogen) atoms. The van der Waals surface area contributed by atoms with E-state index >= 15 is 0 Å². The highest BCUT2D eigenvalue weighted by Gasteiger charge is 2.25. The van der Waals surface area contributed by atoms with Crippen molar-refractivity contribution >= 4 is 57.0 Å². The third kappa shape index (κ3) is 2.49. The number of rotatable bonds is 2. The van der Waals surface area contributed by atoms with Gasteiger partial charge < -0.3 is 4.57 Å². The van der Waals surface area contributed by atoms with Crippen molar-refractivity contribution < 1.29 is 4.39 Å². The predicted octanol–water partition coefficient (Wildman–Crippen LogP) is 4.76. The van der Waals surface area contributed by atoms with Crippen molar-refractivity contribution in [2.24, 2.45) is 0 Å². The second-order valence-corrected chi connectivity index (χ2v) is 7.70. The van der Waals surface area contributed by atoms with Crippen molar-refractivity contribution in [1.82, 2.24) is 9.55 Å². The van der Waals surface area contributed by atoms with Gasteiger partial charge >= 0.3 is 0 Å². The quantitative estimate of drug-likeness (QED) is 0.525. The van der Waals surface area contributed by atoms with Gasteiger partial charge in [-0.05, 0) is 47.8 Å². The minimum atomic E-state index is -0.186. The highest BCUT2D eigenvalue weighted by Crippen LogP contribution is 2.35. The molecule has 1 aliphatic heterocycles. The molecule has 0 N–H and O–H groups in total. The molecule has 3 rings (SSSR count). The van der Waals surface area contributed by atoms with Crippen molar-refractivity contribution in [3.8, 4) is 0 Å². The maximum atomic E-state index is 13.8. The van der Waals surface area contributed by atoms with Gasteiger partial charge in [0.2, 0.25) is 0 Å². The van der Waals surface area contributed by atoms with Gasteiger partial charge in [-0.2, -0.15) is 11.8 Å². The standard InChI is InChI=1S/C13H13ClFIN2S/c1-7(14)13-17-11-5-10(16)9(15)4-12(11)18(13)8-2-3-19-6-8/h4-5,7-8H,2-3,6H2,1H3. The van der Waals surface area contributed by atoms with Gasteiger partial charge in [0.15, 0.2) is 0 Å². The van der Waals surface area contributed by atoms with Crippen molar-refractivity contribution in [1.29, 1.82) is 0 Å². The van der Waals surface area contributed by atoms with Crippen LogP contribution in [0.2, 0.25) is 0 Å². The number of fused-ring (bicyclic) bond motifs is 1. The maximum absolute atomic E-state index is 13.8. The largest absolute Gasteiger partial charge is 0.323 e. The summed E-state index contributed by atoms with van der Waals surface area (Å²) >= 11 is 10.2. The Morgan fingerprint density at radius 2 is 2.37 bits per heavy atom. The number of imidazole rings is 1. The van der Waals surface area contributed by atoms with Crippen LogP contribution in [0.15, 0.2) is 12.1 Å². The van der Waals surface area contributed by atoms with E-state index < -0.39 is 0 Å². The smallest absolute Gasteiger partial charge is 0.138 e. The zero-order valence-electron chi connectivity index (χ0n) is 10.4. The minimum absolute atomic E-state index is 0.168. The molecule has 1 fully saturated rings. The summed E-state index contributed by atoms with van der Waals surface area (Å²) in [6.07, 6.45) is 1.10. The summed E-state index contributed by atoms with van der Waals surface area (Å²) in [5.41, 5.74) is 1.71. The first-order chi connectivity index (χ1) is 9.08. The van der Waals surface area contributed by atoms with E-state index in [1.165, 1.54) is 0 Å². The molecule has 0 bridgehead atoms. The van der Waals surface area contributed by atoms with Crippen LogP contribution in [-0.4, -0.2) is 21.1 Å². The molecule has 0 aliphatic carbocycles. The lowest BCUT2D eigenvalue weighted by atomic mass is 10.2. The van der Waals surface area contributed by atoms with E-state index in [1.807, 2.05) is 41.3 Å². The second-order valence-electron chi connectivity index (χ2n) is 4.73. The Morgan fingerprint density at radius 1 is 1.58 bits per heavy atom. The van der Waals surface area contributed by atoms with Crippen molar-refractivity contribution in [2.45, 2.75) is 24.8 Å². The minimum Gasteiger partial charge on any atom is -0.323 e. The molecule has 102 valence electrons. The molecule has 2 unspecified atom stereocenters. The summed E-state index contributed by atoms with van der Waals surface area (Å²) in [5.74, 6) is 2.86. The van der Waals surface area contributed by atoms with Gasteiger partial charge in [-0.3, -0.25) is 0 Å². The zero-order chi connectivity index (χ0) is 13.6. The third-order valence-electron chi connectivity index (χ3n) is 3.39. The summed E-state index contributed by atoms with van der Waals surface area (Å²) in [6.45, 7) is 1.92. The first-order valence-electron chi connectivity index (χ1n) is 6.16. The number of hydrogen-bond acceptors (Lipinski definition) is 2. The Labute approximate surface area is 134 Å². The summed E-state index contributed by atoms with van der Waals surface area (Å²) in [6, 6.07) is 3.77. The molecule has 2 atom stereocenters. The molecule has 2 aromatic rings. The molecule has 6 heteroatoms. The van der Waals surface area contributed by atoms with Crippen molar-refractivity contribution in [3.05, 3.63) is 27.3 Å². The fourth-order valence-electron chi connectivity index (χ4n) is 2.50. The predicted molar refractivity (Wildman–Crippen MR) is 87.7 cm³/mol. The lowest BCUT2D eigenvalue weighted by Crippen LogP contribution is -2.12. The zero-order valence-corrected chi connectivity index (χ0v) is 14.1. The molecule has 1 aromatic heterocycles. The van der Waals surface area contributed by atoms with E-state index in [0.717, 1.165) is 34.8 Å². The van der Waals surface area contributed by atoms with Crippen LogP contribution in [-0.2, 0) is 0 Å². The van der Waals surface area contributed by atoms with Gasteiger partial charge in [-0.15, -0.1) is 11.6 Å². The normalized spacial score (nSPS) is 21.2. The Balaban J connectivity index is 2.25. The Kier molecular flexibility index (Phi) is 3.97. The van der Waals surface area contributed by atoms with Crippen LogP contribution in [0.25, 0.3) is 11.0 Å². The monoisotopic (exact) mass is 410 g/mol. The molecular weight excluding hydrogens is 398 g/mol. The lowest BCUT2D eigenvalue weighted by Gasteiger charge is -2.16. The molecule has 0 radical (unpaired) electrons. The Hall–Kier alpha value is -0.0100. The van der Waals surface area contributed by atoms with Gasteiger partial charge in [0, 0.05) is 17.9 Å². The SMILES string of the molecule is CC(Cl)c1nc2cc(I)c(F)cc2n1C1CCSC1. The average Bonchev–Trinajstić information content (AvgIpc) is 2.96. The first kappa shape index (κ1) is 13.9. The fraction of sp³-hybridized carbons (Fsp3) is 0.462. The van der Waals surface area contributed by atoms with Gasteiger partial charge in [-0.1, -0.05) is 0 Å². The van der Waals surface area contributed by atoms with E-state index in [1.54, 1.807) is 12.1 Å². The molecule has 2 heterocycles. The van der Waals surface area contributed by atoms with Crippen LogP contribution >= 0.6 is 46.0 Å². The maximum Gasteiger partial charge on any atom is 0.138 e. The topological polar surface area (TPSA) is 17.8 Å². The number of halogens is 3. The molecule has 2 nitrogen and oxygen atoms in total. The molecule has 0 saturated carbocycles. The third-order valence-corrected chi connectivity index (χ3v) is 5.55. The number of benzene rings is 1. The number of hydrogen-bond donors (Lipinski definition) is 0. The highest BCUT2D eigenvalue weighted by atomic mass is 127. The number of nitrogens with zero attached hydrogens (tertiary/aromatic N) is 2. The molecule has 1 aromatic carbocycles. The Bertz CT molecular complexity index is 623. The number of aromatic nitrogens is 2. The fourth-order valence-corrected chi connectivity index (χ4v) is 4.30. The van der Waals surface area contributed by atoms with E-state index in [-0.39, 0.29) is 11.2 Å². The summed E-state index contributed by atoms with van der Waals surface area (Å²) in [4.78, 5) is 4.61. The van der Waals surface area contributed by atoms with E-state index in [0.29, 0.717) is 9.61 Å². The van der Waals surface area contributed by atoms with E-state index in [2.05, 4.69) is 9.55 Å². The van der Waals surface area contributed by atoms with Crippen molar-refractivity contribution in [3.63, 3.8) is 0 Å². The summed E-state index contributed by atoms with van der Waals surface area (Å²) in [5, 5.41) is -0.168. The van der Waals surface area contributed by atoms with Gasteiger partial charge in [0.25, 0.3) is 0 Å². The van der Waals surface area contributed by atoms with Gasteiger partial charge in [-0.25, -0.2) is 9.37 Å². The Morgan fingerprint density at radius 3 is 3.00 bits per heavy atom. The average molecular weight is 411 g/mol. The molecule has 1 saturated heterocycles. The van der Waals surface area contributed by atoms with Crippen LogP contribution < -0.4 is 0 Å². The first-order valence-corrected chi connectivity index (χ1v) is 8.83. The van der Waals surface area contributed by atoms with Crippen LogP contribution in [0.1, 0.15) is 30.6 Å². The summed E-state index contributed by atoms with van der Waals surface area (Å²) in [7, 11) is 0. The van der Waals surface area contributed by atoms with Crippen LogP contribution in [0, 0.1) is 9.39 Å². The molecule has 0 amide bonds. The van der Waals surface area contributed by atoms with E-state index in [9.17, 15) is 4.39 Å². The second kappa shape index (κ2) is 5.41. The van der Waals surface area contributed by atoms with Crippen LogP contribution in [0.5, 0.6) is 0 Å². The number of thioether (sulfide) groups is 1. The highest BCUT2D eigenvalue weighted by molar-refractivity contribution is 14.1. The number of alkyl halides is 1. The molecule has 0 spiro atoms. The van der Waals surface area contributed by atoms with Crippen LogP contribution in [0.3, 0.4) is 0 Å². The van der Waals surface area contributed by atoms with E-state index in [4.69, 9.17) is 11.6 Å². The molecular formula is C13H13ClFIN2S. The summed E-state index contributed by atoms with van der Waals surface area (Å²) < 4.78 is 16.6. The van der Waals surface area contributed by atoms with Crippen molar-refractivity contribution in [2.75, 3.05) is 11.5 Å². The van der Waals surface area contributed by atoms with Crippen LogP contribution in [0.4, 0.5) is 4.39 Å². The van der Waals surface area contributed by atoms with Gasteiger partial charge in [0.05, 0.1) is 20.0 Å².